The Labute approximate surface area is 93.4 Å². The van der Waals surface area contributed by atoms with Crippen LogP contribution in [0.3, 0.4) is 0 Å². The zero-order chi connectivity index (χ0) is 11.2. The van der Waals surface area contributed by atoms with Crippen molar-refractivity contribution in [1.29, 1.82) is 0 Å². The standard InChI is InChI=1S/C12H14O4/c13-10-8(12(14)4-5-12)2-3-9-11(10)16-7-1-6-15-9/h2-3,13-14H,1,4-7H2. The van der Waals surface area contributed by atoms with Gasteiger partial charge in [0.05, 0.1) is 18.8 Å². The topological polar surface area (TPSA) is 58.9 Å². The highest BCUT2D eigenvalue weighted by molar-refractivity contribution is 5.57. The monoisotopic (exact) mass is 222 g/mol. The van der Waals surface area contributed by atoms with Gasteiger partial charge in [0.25, 0.3) is 0 Å². The third-order valence-corrected chi connectivity index (χ3v) is 3.11. The van der Waals surface area contributed by atoms with Crippen LogP contribution in [0, 0.1) is 0 Å². The molecule has 0 bridgehead atoms. The Hall–Kier alpha value is -1.42. The van der Waals surface area contributed by atoms with E-state index in [0.717, 1.165) is 6.42 Å². The van der Waals surface area contributed by atoms with Gasteiger partial charge in [0.15, 0.2) is 11.5 Å². The number of rotatable bonds is 1. The lowest BCUT2D eigenvalue weighted by atomic mass is 10.1. The van der Waals surface area contributed by atoms with Crippen LogP contribution in [0.5, 0.6) is 17.2 Å². The maximum Gasteiger partial charge on any atom is 0.203 e. The molecule has 86 valence electrons. The SMILES string of the molecule is Oc1c(C2(O)CC2)ccc2c1OCCCO2. The van der Waals surface area contributed by atoms with Gasteiger partial charge < -0.3 is 19.7 Å². The molecule has 2 N–H and O–H groups in total. The average Bonchev–Trinajstić information content (AvgIpc) is 3.02. The number of aromatic hydroxyl groups is 1. The molecule has 1 aromatic carbocycles. The fourth-order valence-electron chi connectivity index (χ4n) is 1.98. The number of hydrogen-bond acceptors (Lipinski definition) is 4. The number of phenolic OH excluding ortho intramolecular Hbond substituents is 1. The predicted molar refractivity (Wildman–Crippen MR) is 56.8 cm³/mol. The van der Waals surface area contributed by atoms with Gasteiger partial charge in [-0.3, -0.25) is 0 Å². The smallest absolute Gasteiger partial charge is 0.203 e. The van der Waals surface area contributed by atoms with E-state index in [1.807, 2.05) is 0 Å². The van der Waals surface area contributed by atoms with E-state index in [-0.39, 0.29) is 5.75 Å². The maximum atomic E-state index is 10.1. The summed E-state index contributed by atoms with van der Waals surface area (Å²) in [6.07, 6.45) is 2.19. The van der Waals surface area contributed by atoms with E-state index >= 15 is 0 Å². The van der Waals surface area contributed by atoms with Crippen molar-refractivity contribution in [2.75, 3.05) is 13.2 Å². The zero-order valence-corrected chi connectivity index (χ0v) is 8.90. The Morgan fingerprint density at radius 3 is 2.62 bits per heavy atom. The molecule has 0 saturated heterocycles. The van der Waals surface area contributed by atoms with Crippen molar-refractivity contribution in [2.24, 2.45) is 0 Å². The highest BCUT2D eigenvalue weighted by Crippen LogP contribution is 2.53. The average molecular weight is 222 g/mol. The van der Waals surface area contributed by atoms with Crippen LogP contribution in [0.15, 0.2) is 12.1 Å². The van der Waals surface area contributed by atoms with Crippen molar-refractivity contribution in [2.45, 2.75) is 24.9 Å². The van der Waals surface area contributed by atoms with Crippen molar-refractivity contribution in [3.63, 3.8) is 0 Å². The molecule has 0 atom stereocenters. The summed E-state index contributed by atoms with van der Waals surface area (Å²) >= 11 is 0. The molecule has 0 unspecified atom stereocenters. The summed E-state index contributed by atoms with van der Waals surface area (Å²) in [5.41, 5.74) is -0.300. The van der Waals surface area contributed by atoms with E-state index in [1.54, 1.807) is 12.1 Å². The highest BCUT2D eigenvalue weighted by Gasteiger charge is 2.45. The molecule has 4 nitrogen and oxygen atoms in total. The second-order valence-corrected chi connectivity index (χ2v) is 4.37. The Kier molecular flexibility index (Phi) is 2.01. The van der Waals surface area contributed by atoms with Gasteiger partial charge in [-0.05, 0) is 25.0 Å². The van der Waals surface area contributed by atoms with Crippen molar-refractivity contribution < 1.29 is 19.7 Å². The molecule has 1 heterocycles. The molecule has 16 heavy (non-hydrogen) atoms. The Morgan fingerprint density at radius 2 is 1.88 bits per heavy atom. The number of aliphatic hydroxyl groups is 1. The molecule has 1 fully saturated rings. The van der Waals surface area contributed by atoms with E-state index in [2.05, 4.69) is 0 Å². The minimum Gasteiger partial charge on any atom is -0.504 e. The van der Waals surface area contributed by atoms with Crippen LogP contribution in [0.1, 0.15) is 24.8 Å². The predicted octanol–water partition coefficient (Wildman–Crippen LogP) is 1.53. The number of fused-ring (bicyclic) bond motifs is 1. The largest absolute Gasteiger partial charge is 0.504 e. The summed E-state index contributed by atoms with van der Waals surface area (Å²) in [5.74, 6) is 0.956. The fraction of sp³-hybridized carbons (Fsp3) is 0.500. The van der Waals surface area contributed by atoms with Gasteiger partial charge in [0, 0.05) is 12.0 Å². The van der Waals surface area contributed by atoms with Gasteiger partial charge in [0.2, 0.25) is 5.75 Å². The molecule has 1 saturated carbocycles. The van der Waals surface area contributed by atoms with Crippen LogP contribution in [-0.4, -0.2) is 23.4 Å². The summed E-state index contributed by atoms with van der Waals surface area (Å²) < 4.78 is 10.9. The van der Waals surface area contributed by atoms with E-state index in [1.165, 1.54) is 0 Å². The lowest BCUT2D eigenvalue weighted by Gasteiger charge is -2.15. The Morgan fingerprint density at radius 1 is 1.12 bits per heavy atom. The summed E-state index contributed by atoms with van der Waals surface area (Å²) in [5, 5.41) is 20.1. The van der Waals surface area contributed by atoms with Crippen LogP contribution in [0.2, 0.25) is 0 Å². The normalized spacial score (nSPS) is 21.3. The summed E-state index contributed by atoms with van der Waals surface area (Å²) in [6.45, 7) is 1.12. The first-order valence-corrected chi connectivity index (χ1v) is 5.55. The van der Waals surface area contributed by atoms with Crippen LogP contribution in [0.25, 0.3) is 0 Å². The quantitative estimate of drug-likeness (QED) is 0.756. The minimum atomic E-state index is -0.852. The fourth-order valence-corrected chi connectivity index (χ4v) is 1.98. The van der Waals surface area contributed by atoms with Crippen LogP contribution < -0.4 is 9.47 Å². The van der Waals surface area contributed by atoms with E-state index < -0.39 is 5.60 Å². The first-order chi connectivity index (χ1) is 7.71. The van der Waals surface area contributed by atoms with Crippen LogP contribution in [0.4, 0.5) is 0 Å². The second kappa shape index (κ2) is 3.28. The lowest BCUT2D eigenvalue weighted by molar-refractivity contribution is 0.146. The van der Waals surface area contributed by atoms with Crippen molar-refractivity contribution >= 4 is 0 Å². The van der Waals surface area contributed by atoms with Crippen LogP contribution >= 0.6 is 0 Å². The number of phenols is 1. The molecule has 4 heteroatoms. The molecular formula is C12H14O4. The van der Waals surface area contributed by atoms with Gasteiger partial charge in [-0.15, -0.1) is 0 Å². The van der Waals surface area contributed by atoms with Gasteiger partial charge in [-0.25, -0.2) is 0 Å². The molecule has 0 amide bonds. The Bertz CT molecular complexity index is 423. The third kappa shape index (κ3) is 1.41. The molecule has 0 radical (unpaired) electrons. The molecule has 2 aliphatic rings. The van der Waals surface area contributed by atoms with E-state index in [9.17, 15) is 10.2 Å². The molecule has 1 aliphatic heterocycles. The van der Waals surface area contributed by atoms with Crippen molar-refractivity contribution in [3.8, 4) is 17.2 Å². The molecule has 0 spiro atoms. The third-order valence-electron chi connectivity index (χ3n) is 3.11. The maximum absolute atomic E-state index is 10.1. The van der Waals surface area contributed by atoms with Crippen molar-refractivity contribution in [1.82, 2.24) is 0 Å². The second-order valence-electron chi connectivity index (χ2n) is 4.37. The Balaban J connectivity index is 2.07. The number of ether oxygens (including phenoxy) is 2. The molecule has 1 aromatic rings. The summed E-state index contributed by atoms with van der Waals surface area (Å²) in [6, 6.07) is 3.47. The van der Waals surface area contributed by atoms with E-state index in [0.29, 0.717) is 43.1 Å². The minimum absolute atomic E-state index is 0.0272. The van der Waals surface area contributed by atoms with Crippen molar-refractivity contribution in [3.05, 3.63) is 17.7 Å². The highest BCUT2D eigenvalue weighted by atomic mass is 16.5. The zero-order valence-electron chi connectivity index (χ0n) is 8.90. The first-order valence-electron chi connectivity index (χ1n) is 5.55. The first kappa shape index (κ1) is 9.78. The summed E-state index contributed by atoms with van der Waals surface area (Å²) in [7, 11) is 0. The molecule has 3 rings (SSSR count). The van der Waals surface area contributed by atoms with Crippen LogP contribution in [-0.2, 0) is 5.60 Å². The van der Waals surface area contributed by atoms with Gasteiger partial charge in [-0.1, -0.05) is 0 Å². The van der Waals surface area contributed by atoms with Gasteiger partial charge in [0.1, 0.15) is 0 Å². The number of hydrogen-bond donors (Lipinski definition) is 2. The van der Waals surface area contributed by atoms with Gasteiger partial charge >= 0.3 is 0 Å². The van der Waals surface area contributed by atoms with E-state index in [4.69, 9.17) is 9.47 Å². The number of benzene rings is 1. The molecular weight excluding hydrogens is 208 g/mol. The van der Waals surface area contributed by atoms with Gasteiger partial charge in [-0.2, -0.15) is 0 Å². The lowest BCUT2D eigenvalue weighted by Crippen LogP contribution is -2.05. The molecule has 1 aliphatic carbocycles. The summed E-state index contributed by atoms with van der Waals surface area (Å²) in [4.78, 5) is 0. The molecule has 0 aromatic heterocycles.